The third kappa shape index (κ3) is 3.91. The van der Waals surface area contributed by atoms with E-state index in [1.807, 2.05) is 32.9 Å². The molecule has 0 bridgehead atoms. The number of hydrogen-bond donors (Lipinski definition) is 1. The van der Waals surface area contributed by atoms with E-state index in [1.165, 1.54) is 0 Å². The average Bonchev–Trinajstić information content (AvgIpc) is 2.77. The van der Waals surface area contributed by atoms with Crippen LogP contribution in [-0.2, 0) is 17.6 Å². The molecule has 2 rings (SSSR count). The molecule has 0 aliphatic rings. The van der Waals surface area contributed by atoms with Crippen molar-refractivity contribution >= 4 is 5.91 Å². The number of amides is 1. The smallest absolute Gasteiger partial charge is 0.227 e. The van der Waals surface area contributed by atoms with Crippen molar-refractivity contribution in [3.8, 4) is 0 Å². The molecule has 0 fully saturated rings. The van der Waals surface area contributed by atoms with Crippen LogP contribution in [0.25, 0.3) is 0 Å². The Labute approximate surface area is 118 Å². The zero-order valence-electron chi connectivity index (χ0n) is 12.0. The second-order valence-electron chi connectivity index (χ2n) is 5.05. The van der Waals surface area contributed by atoms with Crippen LogP contribution in [0.2, 0.25) is 0 Å². The summed E-state index contributed by atoms with van der Waals surface area (Å²) in [5, 5.41) is 6.71. The molecular weight excluding hydrogens is 254 g/mol. The van der Waals surface area contributed by atoms with Gasteiger partial charge in [-0.05, 0) is 32.4 Å². The molecule has 1 atom stereocenters. The zero-order chi connectivity index (χ0) is 14.5. The Kier molecular flexibility index (Phi) is 4.50. The Morgan fingerprint density at radius 2 is 2.25 bits per heavy atom. The molecule has 0 saturated heterocycles. The highest BCUT2D eigenvalue weighted by molar-refractivity contribution is 5.78. The van der Waals surface area contributed by atoms with Crippen molar-refractivity contribution in [3.63, 3.8) is 0 Å². The molecule has 0 spiro atoms. The van der Waals surface area contributed by atoms with E-state index < -0.39 is 0 Å². The lowest BCUT2D eigenvalue weighted by Crippen LogP contribution is -2.35. The minimum atomic E-state index is -0.0674. The number of pyridine rings is 1. The van der Waals surface area contributed by atoms with Crippen molar-refractivity contribution in [2.75, 3.05) is 0 Å². The van der Waals surface area contributed by atoms with Crippen LogP contribution in [0.3, 0.4) is 0 Å². The quantitative estimate of drug-likeness (QED) is 0.904. The molecule has 2 aromatic heterocycles. The van der Waals surface area contributed by atoms with Crippen LogP contribution in [0.1, 0.15) is 29.6 Å². The number of nitrogens with one attached hydrogen (secondary N) is 1. The van der Waals surface area contributed by atoms with Gasteiger partial charge in [0.1, 0.15) is 5.76 Å². The summed E-state index contributed by atoms with van der Waals surface area (Å²) in [5.41, 5.74) is 2.93. The van der Waals surface area contributed by atoms with E-state index in [0.717, 1.165) is 17.0 Å². The maximum absolute atomic E-state index is 11.9. The van der Waals surface area contributed by atoms with Gasteiger partial charge in [0.05, 0.1) is 12.1 Å². The molecule has 2 aromatic rings. The first-order chi connectivity index (χ1) is 9.54. The van der Waals surface area contributed by atoms with E-state index in [1.54, 1.807) is 12.3 Å². The third-order valence-electron chi connectivity index (χ3n) is 3.04. The highest BCUT2D eigenvalue weighted by Crippen LogP contribution is 2.07. The highest BCUT2D eigenvalue weighted by atomic mass is 16.5. The summed E-state index contributed by atoms with van der Waals surface area (Å²) >= 11 is 0. The summed E-state index contributed by atoms with van der Waals surface area (Å²) in [4.78, 5) is 16.2. The first-order valence-corrected chi connectivity index (χ1v) is 6.66. The summed E-state index contributed by atoms with van der Waals surface area (Å²) in [5.74, 6) is 0.517. The first kappa shape index (κ1) is 14.2. The van der Waals surface area contributed by atoms with Gasteiger partial charge in [0.2, 0.25) is 5.91 Å². The van der Waals surface area contributed by atoms with Crippen LogP contribution < -0.4 is 5.32 Å². The minimum Gasteiger partial charge on any atom is -0.361 e. The van der Waals surface area contributed by atoms with Gasteiger partial charge >= 0.3 is 0 Å². The molecule has 1 amide bonds. The molecular formula is C15H19N3O2. The topological polar surface area (TPSA) is 68.0 Å². The number of aromatic nitrogens is 2. The molecule has 5 nitrogen and oxygen atoms in total. The monoisotopic (exact) mass is 273 g/mol. The lowest BCUT2D eigenvalue weighted by atomic mass is 10.1. The van der Waals surface area contributed by atoms with E-state index in [4.69, 9.17) is 4.52 Å². The number of nitrogens with zero attached hydrogens (tertiary/aromatic N) is 2. The molecule has 0 aromatic carbocycles. The molecule has 106 valence electrons. The first-order valence-electron chi connectivity index (χ1n) is 6.66. The number of aryl methyl sites for hydroxylation is 2. The predicted molar refractivity (Wildman–Crippen MR) is 75.2 cm³/mol. The summed E-state index contributed by atoms with van der Waals surface area (Å²) in [7, 11) is 0. The van der Waals surface area contributed by atoms with E-state index >= 15 is 0 Å². The molecule has 0 aliphatic carbocycles. The largest absolute Gasteiger partial charge is 0.361 e. The predicted octanol–water partition coefficient (Wildman–Crippen LogP) is 1.98. The minimum absolute atomic E-state index is 0.0279. The highest BCUT2D eigenvalue weighted by Gasteiger charge is 2.12. The molecule has 0 aliphatic heterocycles. The van der Waals surface area contributed by atoms with Crippen LogP contribution in [0.5, 0.6) is 0 Å². The van der Waals surface area contributed by atoms with Crippen LogP contribution in [0, 0.1) is 13.8 Å². The molecule has 0 unspecified atom stereocenters. The Bertz CT molecular complexity index is 592. The van der Waals surface area contributed by atoms with Crippen LogP contribution in [0.15, 0.2) is 28.9 Å². The molecule has 2 heterocycles. The second kappa shape index (κ2) is 6.32. The van der Waals surface area contributed by atoms with Gasteiger partial charge in [-0.1, -0.05) is 11.2 Å². The Morgan fingerprint density at radius 1 is 1.45 bits per heavy atom. The van der Waals surface area contributed by atoms with Crippen LogP contribution in [0.4, 0.5) is 0 Å². The SMILES string of the molecule is Cc1cc(CC(=O)N[C@@H](C)Cc2ncccc2C)on1. The molecule has 1 N–H and O–H groups in total. The fourth-order valence-corrected chi connectivity index (χ4v) is 2.06. The van der Waals surface area contributed by atoms with Gasteiger partial charge in [-0.3, -0.25) is 9.78 Å². The van der Waals surface area contributed by atoms with Gasteiger partial charge in [0, 0.05) is 30.4 Å². The maximum Gasteiger partial charge on any atom is 0.227 e. The Morgan fingerprint density at radius 3 is 2.90 bits per heavy atom. The summed E-state index contributed by atoms with van der Waals surface area (Å²) in [6.45, 7) is 5.82. The van der Waals surface area contributed by atoms with Crippen molar-refractivity contribution in [2.45, 2.75) is 39.7 Å². The van der Waals surface area contributed by atoms with Crippen molar-refractivity contribution < 1.29 is 9.32 Å². The average molecular weight is 273 g/mol. The van der Waals surface area contributed by atoms with Gasteiger partial charge in [-0.2, -0.15) is 0 Å². The van der Waals surface area contributed by atoms with Gasteiger partial charge < -0.3 is 9.84 Å². The lowest BCUT2D eigenvalue weighted by molar-refractivity contribution is -0.121. The Hall–Kier alpha value is -2.17. The molecule has 0 radical (unpaired) electrons. The molecule has 20 heavy (non-hydrogen) atoms. The number of hydrogen-bond acceptors (Lipinski definition) is 4. The van der Waals surface area contributed by atoms with Gasteiger partial charge in [0.25, 0.3) is 0 Å². The summed E-state index contributed by atoms with van der Waals surface area (Å²) in [6, 6.07) is 5.73. The van der Waals surface area contributed by atoms with Crippen LogP contribution >= 0.6 is 0 Å². The number of carbonyl (C=O) groups is 1. The lowest BCUT2D eigenvalue weighted by Gasteiger charge is -2.14. The van der Waals surface area contributed by atoms with Crippen molar-refractivity contribution in [1.82, 2.24) is 15.5 Å². The number of rotatable bonds is 5. The Balaban J connectivity index is 1.86. The van der Waals surface area contributed by atoms with Crippen molar-refractivity contribution in [2.24, 2.45) is 0 Å². The molecule has 0 saturated carbocycles. The van der Waals surface area contributed by atoms with Gasteiger partial charge in [-0.25, -0.2) is 0 Å². The van der Waals surface area contributed by atoms with E-state index in [-0.39, 0.29) is 18.4 Å². The van der Waals surface area contributed by atoms with E-state index in [9.17, 15) is 4.79 Å². The fraction of sp³-hybridized carbons (Fsp3) is 0.400. The maximum atomic E-state index is 11.9. The number of carbonyl (C=O) groups excluding carboxylic acids is 1. The summed E-state index contributed by atoms with van der Waals surface area (Å²) < 4.78 is 5.03. The normalized spacial score (nSPS) is 12.2. The molecule has 5 heteroatoms. The van der Waals surface area contributed by atoms with E-state index in [2.05, 4.69) is 15.5 Å². The zero-order valence-corrected chi connectivity index (χ0v) is 12.0. The standard InChI is InChI=1S/C15H19N3O2/c1-10-5-4-6-16-14(10)8-11(2)17-15(19)9-13-7-12(3)18-20-13/h4-7,11H,8-9H2,1-3H3,(H,17,19)/t11-/m0/s1. The van der Waals surface area contributed by atoms with Crippen LogP contribution in [-0.4, -0.2) is 22.1 Å². The third-order valence-corrected chi connectivity index (χ3v) is 3.04. The van der Waals surface area contributed by atoms with E-state index in [0.29, 0.717) is 12.2 Å². The summed E-state index contributed by atoms with van der Waals surface area (Å²) in [6.07, 6.45) is 2.70. The second-order valence-corrected chi connectivity index (χ2v) is 5.05. The van der Waals surface area contributed by atoms with Gasteiger partial charge in [-0.15, -0.1) is 0 Å². The van der Waals surface area contributed by atoms with Crippen molar-refractivity contribution in [3.05, 3.63) is 47.1 Å². The van der Waals surface area contributed by atoms with Crippen molar-refractivity contribution in [1.29, 1.82) is 0 Å². The fourth-order valence-electron chi connectivity index (χ4n) is 2.06. The van der Waals surface area contributed by atoms with Gasteiger partial charge in [0.15, 0.2) is 0 Å².